The second-order valence-corrected chi connectivity index (χ2v) is 6.10. The molecule has 0 fully saturated rings. The zero-order valence-electron chi connectivity index (χ0n) is 14.4. The van der Waals surface area contributed by atoms with E-state index in [0.717, 1.165) is 5.56 Å². The average Bonchev–Trinajstić information content (AvgIpc) is 2.65. The lowest BCUT2D eigenvalue weighted by molar-refractivity contribution is -0.153. The molecule has 2 aromatic rings. The molecule has 0 aromatic heterocycles. The van der Waals surface area contributed by atoms with Gasteiger partial charge in [0.2, 0.25) is 5.91 Å². The summed E-state index contributed by atoms with van der Waals surface area (Å²) in [6.07, 6.45) is -3.67. The van der Waals surface area contributed by atoms with Crippen LogP contribution in [0.25, 0.3) is 0 Å². The fourth-order valence-electron chi connectivity index (χ4n) is 2.71. The van der Waals surface area contributed by atoms with E-state index < -0.39 is 18.7 Å². The number of fused-ring (bicyclic) bond motifs is 1. The summed E-state index contributed by atoms with van der Waals surface area (Å²) in [6.45, 7) is -1.51. The van der Waals surface area contributed by atoms with Crippen LogP contribution in [0.2, 0.25) is 0 Å². The van der Waals surface area contributed by atoms with Crippen LogP contribution in [0, 0.1) is 11.3 Å². The van der Waals surface area contributed by atoms with Crippen LogP contribution in [0.3, 0.4) is 0 Å². The van der Waals surface area contributed by atoms with E-state index in [1.165, 1.54) is 18.2 Å². The molecular weight excluding hydrogens is 375 g/mol. The van der Waals surface area contributed by atoms with Gasteiger partial charge in [-0.1, -0.05) is 0 Å². The second-order valence-electron chi connectivity index (χ2n) is 6.10. The van der Waals surface area contributed by atoms with E-state index in [1.54, 1.807) is 24.3 Å². The van der Waals surface area contributed by atoms with Crippen LogP contribution in [0.5, 0.6) is 5.75 Å². The van der Waals surface area contributed by atoms with Gasteiger partial charge in [0.25, 0.3) is 5.91 Å². The summed E-state index contributed by atoms with van der Waals surface area (Å²) in [5.74, 6) is -0.753. The van der Waals surface area contributed by atoms with Gasteiger partial charge >= 0.3 is 6.18 Å². The summed E-state index contributed by atoms with van der Waals surface area (Å²) in [5, 5.41) is 14.4. The molecule has 144 valence electrons. The Hall–Kier alpha value is -3.54. The number of hydrogen-bond donors (Lipinski definition) is 2. The Bertz CT molecular complexity index is 981. The highest BCUT2D eigenvalue weighted by Crippen LogP contribution is 2.26. The predicted molar refractivity (Wildman–Crippen MR) is 94.1 cm³/mol. The molecule has 2 amide bonds. The molecule has 3 rings (SSSR count). The van der Waals surface area contributed by atoms with Crippen molar-refractivity contribution in [1.29, 1.82) is 5.26 Å². The molecule has 0 radical (unpaired) electrons. The van der Waals surface area contributed by atoms with Crippen LogP contribution in [0.4, 0.5) is 24.5 Å². The summed E-state index contributed by atoms with van der Waals surface area (Å²) in [6, 6.07) is 10.4. The molecule has 2 N–H and O–H groups in total. The number of aryl methyl sites for hydroxylation is 1. The van der Waals surface area contributed by atoms with E-state index in [9.17, 15) is 22.8 Å². The average molecular weight is 389 g/mol. The monoisotopic (exact) mass is 389 g/mol. The quantitative estimate of drug-likeness (QED) is 0.835. The molecule has 0 atom stereocenters. The van der Waals surface area contributed by atoms with Crippen LogP contribution in [0.15, 0.2) is 36.4 Å². The third kappa shape index (κ3) is 4.59. The Morgan fingerprint density at radius 2 is 2.00 bits per heavy atom. The molecule has 0 aliphatic carbocycles. The molecule has 0 spiro atoms. The number of carbonyl (C=O) groups excluding carboxylic acids is 2. The van der Waals surface area contributed by atoms with E-state index in [2.05, 4.69) is 15.4 Å². The van der Waals surface area contributed by atoms with Crippen LogP contribution in [-0.2, 0) is 11.2 Å². The van der Waals surface area contributed by atoms with Crippen molar-refractivity contribution in [3.8, 4) is 11.8 Å². The highest BCUT2D eigenvalue weighted by Gasteiger charge is 2.29. The third-order valence-corrected chi connectivity index (χ3v) is 4.01. The Labute approximate surface area is 157 Å². The van der Waals surface area contributed by atoms with Crippen LogP contribution < -0.4 is 15.4 Å². The first kappa shape index (κ1) is 19.2. The summed E-state index contributed by atoms with van der Waals surface area (Å²) >= 11 is 0. The smallest absolute Gasteiger partial charge is 0.422 e. The van der Waals surface area contributed by atoms with Gasteiger partial charge in [-0.05, 0) is 48.4 Å². The summed E-state index contributed by atoms with van der Waals surface area (Å²) in [7, 11) is 0. The van der Waals surface area contributed by atoms with Gasteiger partial charge < -0.3 is 15.4 Å². The number of nitrogens with one attached hydrogen (secondary N) is 2. The van der Waals surface area contributed by atoms with Gasteiger partial charge in [0.05, 0.1) is 5.56 Å². The van der Waals surface area contributed by atoms with Gasteiger partial charge in [0, 0.05) is 23.4 Å². The number of alkyl halides is 3. The van der Waals surface area contributed by atoms with Crippen LogP contribution in [0.1, 0.15) is 27.9 Å². The largest absolute Gasteiger partial charge is 0.483 e. The zero-order valence-corrected chi connectivity index (χ0v) is 14.4. The Kier molecular flexibility index (Phi) is 5.22. The van der Waals surface area contributed by atoms with Crippen molar-refractivity contribution in [3.05, 3.63) is 53.1 Å². The van der Waals surface area contributed by atoms with E-state index in [-0.39, 0.29) is 22.9 Å². The Balaban J connectivity index is 1.74. The fourth-order valence-corrected chi connectivity index (χ4v) is 2.71. The minimum absolute atomic E-state index is 0.0819. The van der Waals surface area contributed by atoms with Crippen molar-refractivity contribution in [2.75, 3.05) is 17.2 Å². The van der Waals surface area contributed by atoms with E-state index in [1.807, 2.05) is 0 Å². The molecule has 0 saturated heterocycles. The molecular formula is C19H14F3N3O3. The number of amides is 2. The predicted octanol–water partition coefficient (Wildman–Crippen LogP) is 3.64. The van der Waals surface area contributed by atoms with E-state index >= 15 is 0 Å². The number of halogens is 3. The van der Waals surface area contributed by atoms with E-state index in [0.29, 0.717) is 24.1 Å². The van der Waals surface area contributed by atoms with Gasteiger partial charge in [0.15, 0.2) is 6.61 Å². The Morgan fingerprint density at radius 3 is 2.71 bits per heavy atom. The van der Waals surface area contributed by atoms with Crippen LogP contribution >= 0.6 is 0 Å². The number of ether oxygens (including phenoxy) is 1. The van der Waals surface area contributed by atoms with Crippen molar-refractivity contribution in [2.45, 2.75) is 19.0 Å². The fraction of sp³-hybridized carbons (Fsp3) is 0.211. The number of benzene rings is 2. The van der Waals surface area contributed by atoms with Gasteiger partial charge in [-0.2, -0.15) is 18.4 Å². The summed E-state index contributed by atoms with van der Waals surface area (Å²) < 4.78 is 41.4. The van der Waals surface area contributed by atoms with Crippen molar-refractivity contribution in [2.24, 2.45) is 0 Å². The first-order valence-corrected chi connectivity index (χ1v) is 8.23. The molecule has 9 heteroatoms. The van der Waals surface area contributed by atoms with Gasteiger partial charge in [-0.25, -0.2) is 0 Å². The minimum Gasteiger partial charge on any atom is -0.483 e. The molecule has 1 aliphatic rings. The zero-order chi connectivity index (χ0) is 20.3. The molecule has 1 aliphatic heterocycles. The molecule has 0 saturated carbocycles. The topological polar surface area (TPSA) is 91.2 Å². The molecule has 28 heavy (non-hydrogen) atoms. The third-order valence-electron chi connectivity index (χ3n) is 4.01. The van der Waals surface area contributed by atoms with Crippen molar-refractivity contribution in [3.63, 3.8) is 0 Å². The maximum atomic E-state index is 12.4. The number of nitrogens with zero attached hydrogens (tertiary/aromatic N) is 1. The number of carbonyl (C=O) groups is 2. The normalized spacial score (nSPS) is 13.1. The molecule has 2 aromatic carbocycles. The lowest BCUT2D eigenvalue weighted by atomic mass is 10.00. The lowest BCUT2D eigenvalue weighted by Crippen LogP contribution is -2.20. The highest BCUT2D eigenvalue weighted by atomic mass is 19.4. The molecule has 1 heterocycles. The van der Waals surface area contributed by atoms with Crippen LogP contribution in [-0.4, -0.2) is 24.6 Å². The number of rotatable bonds is 4. The van der Waals surface area contributed by atoms with Crippen molar-refractivity contribution < 1.29 is 27.5 Å². The summed E-state index contributed by atoms with van der Waals surface area (Å²) in [4.78, 5) is 23.8. The number of hydrogen-bond acceptors (Lipinski definition) is 4. The summed E-state index contributed by atoms with van der Waals surface area (Å²) in [5.41, 5.74) is 1.96. The van der Waals surface area contributed by atoms with Crippen molar-refractivity contribution >= 4 is 23.2 Å². The maximum Gasteiger partial charge on any atom is 0.422 e. The highest BCUT2D eigenvalue weighted by molar-refractivity contribution is 6.05. The first-order chi connectivity index (χ1) is 13.2. The number of nitriles is 1. The van der Waals surface area contributed by atoms with Gasteiger partial charge in [-0.3, -0.25) is 9.59 Å². The first-order valence-electron chi connectivity index (χ1n) is 8.23. The molecule has 0 bridgehead atoms. The van der Waals surface area contributed by atoms with Gasteiger partial charge in [0.1, 0.15) is 11.8 Å². The SMILES string of the molecule is N#Cc1cc(NC(=O)c2ccc3c(c2)CCC(=O)N3)ccc1OCC(F)(F)F. The Morgan fingerprint density at radius 1 is 1.21 bits per heavy atom. The second kappa shape index (κ2) is 7.60. The van der Waals surface area contributed by atoms with Gasteiger partial charge in [-0.15, -0.1) is 0 Å². The lowest BCUT2D eigenvalue weighted by Gasteiger charge is -2.17. The number of anilines is 2. The standard InChI is InChI=1S/C19H14F3N3O3/c20-19(21,22)10-28-16-5-3-14(8-13(16)9-23)24-18(27)12-1-4-15-11(7-12)2-6-17(26)25-15/h1,3-5,7-8H,2,6,10H2,(H,24,27)(H,25,26). The molecule has 6 nitrogen and oxygen atoms in total. The van der Waals surface area contributed by atoms with E-state index in [4.69, 9.17) is 5.26 Å². The molecule has 0 unspecified atom stereocenters. The maximum absolute atomic E-state index is 12.4. The minimum atomic E-state index is -4.52. The van der Waals surface area contributed by atoms with Crippen molar-refractivity contribution in [1.82, 2.24) is 0 Å².